The number of ether oxygens (including phenoxy) is 1. The van der Waals surface area contributed by atoms with Crippen LogP contribution in [0.2, 0.25) is 0 Å². The summed E-state index contributed by atoms with van der Waals surface area (Å²) >= 11 is 0. The predicted octanol–water partition coefficient (Wildman–Crippen LogP) is 5.07. The van der Waals surface area contributed by atoms with E-state index in [0.29, 0.717) is 0 Å². The first-order valence-electron chi connectivity index (χ1n) is 8.83. The fourth-order valence-corrected chi connectivity index (χ4v) is 3.03. The Kier molecular flexibility index (Phi) is 7.66. The van der Waals surface area contributed by atoms with Crippen LogP contribution in [-0.4, -0.2) is 12.6 Å². The molecule has 2 rings (SSSR count). The largest absolute Gasteiger partial charge is 0.494 e. The van der Waals surface area contributed by atoms with Crippen molar-refractivity contribution in [3.05, 3.63) is 29.8 Å². The fourth-order valence-electron chi connectivity index (χ4n) is 3.03. The minimum Gasteiger partial charge on any atom is -0.494 e. The minimum absolute atomic E-state index is 0.730. The Bertz CT molecular complexity index is 385. The van der Waals surface area contributed by atoms with E-state index in [9.17, 15) is 0 Å². The fraction of sp³-hybridized carbons (Fsp3) is 0.684. The molecule has 1 aliphatic rings. The number of hydrogen-bond acceptors (Lipinski definition) is 2. The van der Waals surface area contributed by atoms with Crippen LogP contribution in [0.15, 0.2) is 24.3 Å². The van der Waals surface area contributed by atoms with Crippen molar-refractivity contribution in [2.45, 2.75) is 77.3 Å². The molecular formula is C19H31NO. The third kappa shape index (κ3) is 6.52. The number of benzene rings is 1. The quantitative estimate of drug-likeness (QED) is 0.607. The van der Waals surface area contributed by atoms with E-state index in [2.05, 4.69) is 36.5 Å². The Morgan fingerprint density at radius 1 is 1.10 bits per heavy atom. The van der Waals surface area contributed by atoms with Crippen LogP contribution in [0.4, 0.5) is 0 Å². The molecule has 0 unspecified atom stereocenters. The molecule has 2 nitrogen and oxygen atoms in total. The van der Waals surface area contributed by atoms with Crippen molar-refractivity contribution in [2.24, 2.45) is 0 Å². The van der Waals surface area contributed by atoms with Gasteiger partial charge in [-0.3, -0.25) is 0 Å². The van der Waals surface area contributed by atoms with E-state index in [1.54, 1.807) is 0 Å². The first-order valence-corrected chi connectivity index (χ1v) is 8.83. The highest BCUT2D eigenvalue weighted by Gasteiger charge is 2.13. The molecule has 1 saturated carbocycles. The topological polar surface area (TPSA) is 21.3 Å². The average molecular weight is 289 g/mol. The zero-order valence-electron chi connectivity index (χ0n) is 13.6. The second-order valence-electron chi connectivity index (χ2n) is 6.27. The lowest BCUT2D eigenvalue weighted by molar-refractivity contribution is 0.304. The van der Waals surface area contributed by atoms with E-state index in [1.807, 2.05) is 0 Å². The molecule has 1 aliphatic carbocycles. The van der Waals surface area contributed by atoms with Gasteiger partial charge in [0.05, 0.1) is 6.61 Å². The second-order valence-corrected chi connectivity index (χ2v) is 6.27. The molecule has 1 aromatic carbocycles. The third-order valence-electron chi connectivity index (χ3n) is 4.37. The van der Waals surface area contributed by atoms with Crippen LogP contribution in [0.1, 0.15) is 70.3 Å². The Morgan fingerprint density at radius 2 is 1.90 bits per heavy atom. The van der Waals surface area contributed by atoms with Crippen LogP contribution in [0.25, 0.3) is 0 Å². The average Bonchev–Trinajstić information content (AvgIpc) is 3.03. The molecule has 1 fully saturated rings. The summed E-state index contributed by atoms with van der Waals surface area (Å²) in [7, 11) is 0. The lowest BCUT2D eigenvalue weighted by Crippen LogP contribution is -2.25. The van der Waals surface area contributed by atoms with Crippen molar-refractivity contribution in [3.63, 3.8) is 0 Å². The number of nitrogens with one attached hydrogen (secondary N) is 1. The Balaban J connectivity index is 1.65. The van der Waals surface area contributed by atoms with Crippen LogP contribution in [0.3, 0.4) is 0 Å². The lowest BCUT2D eigenvalue weighted by atomic mass is 10.1. The molecule has 0 aromatic heterocycles. The molecule has 0 aliphatic heterocycles. The normalized spacial score (nSPS) is 15.5. The Morgan fingerprint density at radius 3 is 2.71 bits per heavy atom. The van der Waals surface area contributed by atoms with E-state index in [4.69, 9.17) is 4.74 Å². The zero-order valence-corrected chi connectivity index (χ0v) is 13.6. The van der Waals surface area contributed by atoms with Gasteiger partial charge in [0.25, 0.3) is 0 Å². The summed E-state index contributed by atoms with van der Waals surface area (Å²) in [5.41, 5.74) is 1.34. The highest BCUT2D eigenvalue weighted by Crippen LogP contribution is 2.19. The molecule has 21 heavy (non-hydrogen) atoms. The number of unbranched alkanes of at least 4 members (excludes halogenated alkanes) is 4. The smallest absolute Gasteiger partial charge is 0.119 e. The molecule has 0 bridgehead atoms. The Labute approximate surface area is 130 Å². The van der Waals surface area contributed by atoms with E-state index in [1.165, 1.54) is 63.4 Å². The summed E-state index contributed by atoms with van der Waals surface area (Å²) in [4.78, 5) is 0. The predicted molar refractivity (Wildman–Crippen MR) is 89.8 cm³/mol. The number of rotatable bonds is 10. The van der Waals surface area contributed by atoms with Gasteiger partial charge in [-0.15, -0.1) is 0 Å². The van der Waals surface area contributed by atoms with Gasteiger partial charge in [-0.05, 0) is 37.0 Å². The van der Waals surface area contributed by atoms with E-state index < -0.39 is 0 Å². The van der Waals surface area contributed by atoms with Gasteiger partial charge in [0.15, 0.2) is 0 Å². The van der Waals surface area contributed by atoms with E-state index in [0.717, 1.165) is 24.9 Å². The molecule has 0 saturated heterocycles. The maximum atomic E-state index is 5.87. The molecule has 0 heterocycles. The summed E-state index contributed by atoms with van der Waals surface area (Å²) < 4.78 is 5.87. The van der Waals surface area contributed by atoms with Gasteiger partial charge in [0, 0.05) is 12.6 Å². The summed E-state index contributed by atoms with van der Waals surface area (Å²) in [5, 5.41) is 3.66. The summed E-state index contributed by atoms with van der Waals surface area (Å²) in [6.07, 6.45) is 11.9. The summed E-state index contributed by atoms with van der Waals surface area (Å²) in [6.45, 7) is 4.07. The van der Waals surface area contributed by atoms with Gasteiger partial charge in [-0.2, -0.15) is 0 Å². The first kappa shape index (κ1) is 16.4. The van der Waals surface area contributed by atoms with Crippen molar-refractivity contribution in [3.8, 4) is 5.75 Å². The van der Waals surface area contributed by atoms with Crippen LogP contribution < -0.4 is 10.1 Å². The van der Waals surface area contributed by atoms with Gasteiger partial charge in [0.1, 0.15) is 5.75 Å². The lowest BCUT2D eigenvalue weighted by Gasteiger charge is -2.13. The summed E-state index contributed by atoms with van der Waals surface area (Å²) in [6, 6.07) is 9.29. The SMILES string of the molecule is CCCCCCCOc1cccc(CNC2CCCC2)c1. The molecule has 0 radical (unpaired) electrons. The molecule has 1 aromatic rings. The number of hydrogen-bond donors (Lipinski definition) is 1. The van der Waals surface area contributed by atoms with Gasteiger partial charge in [-0.1, -0.05) is 57.6 Å². The molecule has 0 spiro atoms. The van der Waals surface area contributed by atoms with E-state index >= 15 is 0 Å². The van der Waals surface area contributed by atoms with E-state index in [-0.39, 0.29) is 0 Å². The first-order chi connectivity index (χ1) is 10.4. The van der Waals surface area contributed by atoms with Crippen LogP contribution in [-0.2, 0) is 6.54 Å². The second kappa shape index (κ2) is 9.83. The molecule has 0 atom stereocenters. The zero-order chi connectivity index (χ0) is 14.8. The molecule has 1 N–H and O–H groups in total. The third-order valence-corrected chi connectivity index (χ3v) is 4.37. The standard InChI is InChI=1S/C19H31NO/c1-2-3-4-5-8-14-21-19-13-9-10-17(15-19)16-20-18-11-6-7-12-18/h9-10,13,15,18,20H,2-8,11-12,14,16H2,1H3. The summed E-state index contributed by atoms with van der Waals surface area (Å²) in [5.74, 6) is 1.02. The van der Waals surface area contributed by atoms with Crippen molar-refractivity contribution in [1.29, 1.82) is 0 Å². The van der Waals surface area contributed by atoms with Crippen molar-refractivity contribution >= 4 is 0 Å². The molecule has 2 heteroatoms. The molecule has 0 amide bonds. The van der Waals surface area contributed by atoms with Gasteiger partial charge >= 0.3 is 0 Å². The van der Waals surface area contributed by atoms with Crippen molar-refractivity contribution in [1.82, 2.24) is 5.32 Å². The monoisotopic (exact) mass is 289 g/mol. The minimum atomic E-state index is 0.730. The van der Waals surface area contributed by atoms with Crippen molar-refractivity contribution < 1.29 is 4.74 Å². The van der Waals surface area contributed by atoms with Crippen molar-refractivity contribution in [2.75, 3.05) is 6.61 Å². The maximum absolute atomic E-state index is 5.87. The van der Waals surface area contributed by atoms with Crippen LogP contribution >= 0.6 is 0 Å². The highest BCUT2D eigenvalue weighted by atomic mass is 16.5. The van der Waals surface area contributed by atoms with Crippen LogP contribution in [0, 0.1) is 0 Å². The molecular weight excluding hydrogens is 258 g/mol. The van der Waals surface area contributed by atoms with Gasteiger partial charge in [-0.25, -0.2) is 0 Å². The van der Waals surface area contributed by atoms with Crippen LogP contribution in [0.5, 0.6) is 5.75 Å². The maximum Gasteiger partial charge on any atom is 0.119 e. The van der Waals surface area contributed by atoms with Gasteiger partial charge < -0.3 is 10.1 Å². The molecule has 118 valence electrons. The highest BCUT2D eigenvalue weighted by molar-refractivity contribution is 5.28. The Hall–Kier alpha value is -1.02. The van der Waals surface area contributed by atoms with Gasteiger partial charge in [0.2, 0.25) is 0 Å².